The number of ether oxygens (including phenoxy) is 2. The first kappa shape index (κ1) is 17.0. The van der Waals surface area contributed by atoms with E-state index >= 15 is 0 Å². The molecule has 1 rings (SSSR count). The average Bonchev–Trinajstić information content (AvgIpc) is 2.52. The van der Waals surface area contributed by atoms with Gasteiger partial charge in [0.05, 0.1) is 7.11 Å². The highest BCUT2D eigenvalue weighted by Gasteiger charge is 2.21. The lowest BCUT2D eigenvalue weighted by molar-refractivity contribution is -0.143. The Hall–Kier alpha value is -2.04. The lowest BCUT2D eigenvalue weighted by Gasteiger charge is -2.16. The predicted molar refractivity (Wildman–Crippen MR) is 79.7 cm³/mol. The SMILES string of the molecule is CCCCC[C@H](NC(=O)OCc1ccccc1)C(=O)OC. The third-order valence-electron chi connectivity index (χ3n) is 3.09. The molecule has 0 radical (unpaired) electrons. The van der Waals surface area contributed by atoms with E-state index in [1.807, 2.05) is 30.3 Å². The molecule has 0 aromatic heterocycles. The van der Waals surface area contributed by atoms with Gasteiger partial charge in [0.15, 0.2) is 0 Å². The van der Waals surface area contributed by atoms with E-state index in [9.17, 15) is 9.59 Å². The second-order valence-corrected chi connectivity index (χ2v) is 4.78. The molecule has 0 saturated heterocycles. The van der Waals surface area contributed by atoms with Crippen molar-refractivity contribution >= 4 is 12.1 Å². The summed E-state index contributed by atoms with van der Waals surface area (Å²) in [5.41, 5.74) is 0.897. The van der Waals surface area contributed by atoms with Gasteiger partial charge in [-0.25, -0.2) is 9.59 Å². The van der Waals surface area contributed by atoms with Gasteiger partial charge in [0.25, 0.3) is 0 Å². The molecule has 0 saturated carbocycles. The molecule has 0 aliphatic heterocycles. The quantitative estimate of drug-likeness (QED) is 0.591. The van der Waals surface area contributed by atoms with Crippen LogP contribution in [0.5, 0.6) is 0 Å². The molecule has 1 atom stereocenters. The number of hydrogen-bond donors (Lipinski definition) is 1. The Balaban J connectivity index is 2.41. The van der Waals surface area contributed by atoms with Gasteiger partial charge in [0.1, 0.15) is 12.6 Å². The van der Waals surface area contributed by atoms with Gasteiger partial charge in [-0.15, -0.1) is 0 Å². The molecular weight excluding hydrogens is 270 g/mol. The third-order valence-corrected chi connectivity index (χ3v) is 3.09. The minimum Gasteiger partial charge on any atom is -0.467 e. The maximum atomic E-state index is 11.7. The fourth-order valence-electron chi connectivity index (χ4n) is 1.90. The van der Waals surface area contributed by atoms with Gasteiger partial charge in [0, 0.05) is 0 Å². The van der Waals surface area contributed by atoms with Gasteiger partial charge in [-0.05, 0) is 12.0 Å². The second-order valence-electron chi connectivity index (χ2n) is 4.78. The zero-order valence-electron chi connectivity index (χ0n) is 12.6. The molecule has 0 spiro atoms. The summed E-state index contributed by atoms with van der Waals surface area (Å²) in [6, 6.07) is 8.73. The number of alkyl carbamates (subject to hydrolysis) is 1. The maximum absolute atomic E-state index is 11.7. The van der Waals surface area contributed by atoms with Crippen molar-refractivity contribution in [2.45, 2.75) is 45.3 Å². The maximum Gasteiger partial charge on any atom is 0.408 e. The Morgan fingerprint density at radius 3 is 2.52 bits per heavy atom. The van der Waals surface area contributed by atoms with Gasteiger partial charge in [-0.1, -0.05) is 56.5 Å². The van der Waals surface area contributed by atoms with E-state index < -0.39 is 18.1 Å². The van der Waals surface area contributed by atoms with Crippen molar-refractivity contribution in [2.24, 2.45) is 0 Å². The number of carbonyl (C=O) groups is 2. The highest BCUT2D eigenvalue weighted by atomic mass is 16.6. The number of unbranched alkanes of at least 4 members (excludes halogenated alkanes) is 2. The highest BCUT2D eigenvalue weighted by Crippen LogP contribution is 2.06. The number of hydrogen-bond acceptors (Lipinski definition) is 4. The second kappa shape index (κ2) is 9.80. The van der Waals surface area contributed by atoms with Crippen LogP contribution in [0.3, 0.4) is 0 Å². The summed E-state index contributed by atoms with van der Waals surface area (Å²) in [5.74, 6) is -0.442. The molecule has 116 valence electrons. The number of amides is 1. The molecule has 1 aromatic rings. The lowest BCUT2D eigenvalue weighted by Crippen LogP contribution is -2.41. The first-order chi connectivity index (χ1) is 10.2. The van der Waals surface area contributed by atoms with Crippen molar-refractivity contribution in [2.75, 3.05) is 7.11 Å². The smallest absolute Gasteiger partial charge is 0.408 e. The molecule has 1 aromatic carbocycles. The van der Waals surface area contributed by atoms with Crippen molar-refractivity contribution in [3.63, 3.8) is 0 Å². The highest BCUT2D eigenvalue weighted by molar-refractivity contribution is 5.81. The van der Waals surface area contributed by atoms with Crippen LogP contribution in [0.4, 0.5) is 4.79 Å². The first-order valence-corrected chi connectivity index (χ1v) is 7.22. The largest absolute Gasteiger partial charge is 0.467 e. The van der Waals surface area contributed by atoms with Gasteiger partial charge in [0.2, 0.25) is 0 Å². The summed E-state index contributed by atoms with van der Waals surface area (Å²) in [7, 11) is 1.31. The van der Waals surface area contributed by atoms with E-state index in [1.165, 1.54) is 7.11 Å². The molecule has 21 heavy (non-hydrogen) atoms. The Kier molecular flexibility index (Phi) is 7.94. The molecule has 0 aliphatic rings. The lowest BCUT2D eigenvalue weighted by atomic mass is 10.1. The monoisotopic (exact) mass is 293 g/mol. The predicted octanol–water partition coefficient (Wildman–Crippen LogP) is 3.03. The van der Waals surface area contributed by atoms with E-state index in [0.29, 0.717) is 6.42 Å². The number of esters is 1. The molecule has 0 aliphatic carbocycles. The average molecular weight is 293 g/mol. The van der Waals surface area contributed by atoms with Crippen LogP contribution in [0.25, 0.3) is 0 Å². The summed E-state index contributed by atoms with van der Waals surface area (Å²) in [5, 5.41) is 2.56. The Morgan fingerprint density at radius 2 is 1.90 bits per heavy atom. The van der Waals surface area contributed by atoms with Crippen LogP contribution in [-0.2, 0) is 20.9 Å². The minimum atomic E-state index is -0.648. The molecule has 0 heterocycles. The Morgan fingerprint density at radius 1 is 1.19 bits per heavy atom. The Bertz CT molecular complexity index is 433. The molecular formula is C16H23NO4. The van der Waals surface area contributed by atoms with Crippen molar-refractivity contribution in [1.82, 2.24) is 5.32 Å². The summed E-state index contributed by atoms with van der Waals surface area (Å²) in [6.07, 6.45) is 2.86. The number of methoxy groups -OCH3 is 1. The van der Waals surface area contributed by atoms with Gasteiger partial charge < -0.3 is 14.8 Å². The molecule has 5 nitrogen and oxygen atoms in total. The zero-order valence-corrected chi connectivity index (χ0v) is 12.6. The van der Waals surface area contributed by atoms with Crippen LogP contribution in [-0.4, -0.2) is 25.2 Å². The fraction of sp³-hybridized carbons (Fsp3) is 0.500. The van der Waals surface area contributed by atoms with E-state index in [1.54, 1.807) is 0 Å². The number of carbonyl (C=O) groups excluding carboxylic acids is 2. The van der Waals surface area contributed by atoms with Crippen LogP contribution >= 0.6 is 0 Å². The fourth-order valence-corrected chi connectivity index (χ4v) is 1.90. The van der Waals surface area contributed by atoms with Crippen LogP contribution < -0.4 is 5.32 Å². The van der Waals surface area contributed by atoms with Crippen LogP contribution in [0, 0.1) is 0 Å². The van der Waals surface area contributed by atoms with Crippen LogP contribution in [0.15, 0.2) is 30.3 Å². The molecule has 5 heteroatoms. The van der Waals surface area contributed by atoms with Crippen LogP contribution in [0.1, 0.15) is 38.2 Å². The normalized spacial score (nSPS) is 11.5. The summed E-state index contributed by atoms with van der Waals surface area (Å²) in [6.45, 7) is 2.25. The molecule has 0 fully saturated rings. The van der Waals surface area contributed by atoms with Crippen molar-refractivity contribution in [1.29, 1.82) is 0 Å². The number of rotatable bonds is 8. The number of benzene rings is 1. The summed E-state index contributed by atoms with van der Waals surface area (Å²) >= 11 is 0. The third kappa shape index (κ3) is 6.79. The van der Waals surface area contributed by atoms with Gasteiger partial charge in [-0.3, -0.25) is 0 Å². The molecule has 1 amide bonds. The van der Waals surface area contributed by atoms with Gasteiger partial charge >= 0.3 is 12.1 Å². The topological polar surface area (TPSA) is 64.6 Å². The van der Waals surface area contributed by atoms with E-state index in [4.69, 9.17) is 9.47 Å². The van der Waals surface area contributed by atoms with Gasteiger partial charge in [-0.2, -0.15) is 0 Å². The van der Waals surface area contributed by atoms with Crippen molar-refractivity contribution in [3.05, 3.63) is 35.9 Å². The first-order valence-electron chi connectivity index (χ1n) is 7.22. The molecule has 1 N–H and O–H groups in total. The van der Waals surface area contributed by atoms with Crippen LogP contribution in [0.2, 0.25) is 0 Å². The standard InChI is InChI=1S/C16H23NO4/c1-3-4-6-11-14(15(18)20-2)17-16(19)21-12-13-9-7-5-8-10-13/h5,7-10,14H,3-4,6,11-12H2,1-2H3,(H,17,19)/t14-/m0/s1. The van der Waals surface area contributed by atoms with Crippen molar-refractivity contribution < 1.29 is 19.1 Å². The number of nitrogens with one attached hydrogen (secondary N) is 1. The minimum absolute atomic E-state index is 0.176. The Labute approximate surface area is 125 Å². The molecule has 0 unspecified atom stereocenters. The zero-order chi connectivity index (χ0) is 15.5. The molecule has 0 bridgehead atoms. The van der Waals surface area contributed by atoms with Crippen molar-refractivity contribution in [3.8, 4) is 0 Å². The van der Waals surface area contributed by atoms with E-state index in [2.05, 4.69) is 12.2 Å². The summed E-state index contributed by atoms with van der Waals surface area (Å²) in [4.78, 5) is 23.4. The summed E-state index contributed by atoms with van der Waals surface area (Å²) < 4.78 is 9.80. The van der Waals surface area contributed by atoms with E-state index in [-0.39, 0.29) is 6.61 Å². The van der Waals surface area contributed by atoms with E-state index in [0.717, 1.165) is 24.8 Å².